The van der Waals surface area contributed by atoms with Crippen LogP contribution in [0.4, 0.5) is 0 Å². The van der Waals surface area contributed by atoms with Crippen molar-refractivity contribution in [2.24, 2.45) is 11.7 Å². The first-order chi connectivity index (χ1) is 8.59. The number of nitrogens with two attached hydrogens (primary N) is 1. The van der Waals surface area contributed by atoms with Gasteiger partial charge in [0.15, 0.2) is 0 Å². The van der Waals surface area contributed by atoms with Gasteiger partial charge in [0.1, 0.15) is 0 Å². The van der Waals surface area contributed by atoms with E-state index in [0.717, 1.165) is 29.3 Å². The summed E-state index contributed by atoms with van der Waals surface area (Å²) in [5.74, 6) is 0.0678. The van der Waals surface area contributed by atoms with E-state index in [1.54, 1.807) is 0 Å². The number of carbonyl (C=O) groups is 1. The lowest BCUT2D eigenvalue weighted by atomic mass is 10.0. The predicted octanol–water partition coefficient (Wildman–Crippen LogP) is 2.75. The van der Waals surface area contributed by atoms with E-state index in [1.165, 1.54) is 0 Å². The van der Waals surface area contributed by atoms with Gasteiger partial charge in [-0.25, -0.2) is 0 Å². The van der Waals surface area contributed by atoms with Gasteiger partial charge in [-0.3, -0.25) is 4.79 Å². The summed E-state index contributed by atoms with van der Waals surface area (Å²) in [6.45, 7) is 2.00. The molecule has 1 aromatic rings. The lowest BCUT2D eigenvalue weighted by molar-refractivity contribution is -0.125. The smallest absolute Gasteiger partial charge is 0.225 e. The van der Waals surface area contributed by atoms with Crippen molar-refractivity contribution >= 4 is 21.8 Å². The summed E-state index contributed by atoms with van der Waals surface area (Å²) < 4.78 is 1.02. The SMILES string of the molecule is C[C@@H](NC(=O)C1CCCC1N)c1ccccc1Br. The van der Waals surface area contributed by atoms with Crippen LogP contribution in [0.2, 0.25) is 0 Å². The van der Waals surface area contributed by atoms with Crippen molar-refractivity contribution in [3.05, 3.63) is 34.3 Å². The van der Waals surface area contributed by atoms with E-state index in [9.17, 15) is 4.79 Å². The fourth-order valence-corrected chi connectivity index (χ4v) is 3.17. The quantitative estimate of drug-likeness (QED) is 0.902. The molecule has 0 radical (unpaired) electrons. The fourth-order valence-electron chi connectivity index (χ4n) is 2.54. The topological polar surface area (TPSA) is 55.1 Å². The molecule has 3 N–H and O–H groups in total. The first-order valence-corrected chi connectivity index (χ1v) is 7.19. The van der Waals surface area contributed by atoms with Gasteiger partial charge in [-0.1, -0.05) is 40.5 Å². The number of rotatable bonds is 3. The molecule has 1 fully saturated rings. The van der Waals surface area contributed by atoms with E-state index < -0.39 is 0 Å². The lowest BCUT2D eigenvalue weighted by Gasteiger charge is -2.20. The Labute approximate surface area is 116 Å². The number of hydrogen-bond donors (Lipinski definition) is 2. The Morgan fingerprint density at radius 3 is 2.78 bits per heavy atom. The maximum Gasteiger partial charge on any atom is 0.225 e. The molecular formula is C14H19BrN2O. The van der Waals surface area contributed by atoms with E-state index >= 15 is 0 Å². The van der Waals surface area contributed by atoms with Gasteiger partial charge in [0, 0.05) is 10.5 Å². The fraction of sp³-hybridized carbons (Fsp3) is 0.500. The highest BCUT2D eigenvalue weighted by molar-refractivity contribution is 9.10. The van der Waals surface area contributed by atoms with E-state index in [-0.39, 0.29) is 23.9 Å². The van der Waals surface area contributed by atoms with E-state index in [0.29, 0.717) is 0 Å². The minimum atomic E-state index is -0.0186. The maximum atomic E-state index is 12.1. The number of benzene rings is 1. The van der Waals surface area contributed by atoms with Crippen molar-refractivity contribution < 1.29 is 4.79 Å². The van der Waals surface area contributed by atoms with E-state index in [2.05, 4.69) is 21.2 Å². The van der Waals surface area contributed by atoms with Gasteiger partial charge in [-0.2, -0.15) is 0 Å². The van der Waals surface area contributed by atoms with E-state index in [1.807, 2.05) is 31.2 Å². The zero-order valence-electron chi connectivity index (χ0n) is 10.5. The van der Waals surface area contributed by atoms with Crippen molar-refractivity contribution in [3.63, 3.8) is 0 Å². The molecule has 3 atom stereocenters. The minimum absolute atomic E-state index is 0.000810. The Bertz CT molecular complexity index is 436. The van der Waals surface area contributed by atoms with Crippen LogP contribution >= 0.6 is 15.9 Å². The first kappa shape index (κ1) is 13.6. The van der Waals surface area contributed by atoms with Crippen molar-refractivity contribution in [2.75, 3.05) is 0 Å². The number of carbonyl (C=O) groups excluding carboxylic acids is 1. The van der Waals surface area contributed by atoms with Crippen LogP contribution in [0.1, 0.15) is 37.8 Å². The zero-order valence-corrected chi connectivity index (χ0v) is 12.1. The standard InChI is InChI=1S/C14H19BrN2O/c1-9(10-5-2-3-7-12(10)15)17-14(18)11-6-4-8-13(11)16/h2-3,5,7,9,11,13H,4,6,8,16H2,1H3,(H,17,18)/t9-,11?,13?/m1/s1. The Hall–Kier alpha value is -0.870. The van der Waals surface area contributed by atoms with Crippen LogP contribution in [0.5, 0.6) is 0 Å². The van der Waals surface area contributed by atoms with Crippen LogP contribution < -0.4 is 11.1 Å². The van der Waals surface area contributed by atoms with Gasteiger partial charge in [-0.05, 0) is 31.4 Å². The molecule has 98 valence electrons. The summed E-state index contributed by atoms with van der Waals surface area (Å²) in [4.78, 5) is 12.1. The highest BCUT2D eigenvalue weighted by atomic mass is 79.9. The van der Waals surface area contributed by atoms with Crippen molar-refractivity contribution in [1.29, 1.82) is 0 Å². The molecule has 0 aliphatic heterocycles. The molecule has 0 spiro atoms. The molecule has 1 saturated carbocycles. The van der Waals surface area contributed by atoms with Gasteiger partial charge < -0.3 is 11.1 Å². The zero-order chi connectivity index (χ0) is 13.1. The van der Waals surface area contributed by atoms with Gasteiger partial charge in [-0.15, -0.1) is 0 Å². The van der Waals surface area contributed by atoms with Crippen molar-refractivity contribution in [3.8, 4) is 0 Å². The van der Waals surface area contributed by atoms with Gasteiger partial charge in [0.05, 0.1) is 12.0 Å². The van der Waals surface area contributed by atoms with E-state index in [4.69, 9.17) is 5.73 Å². The van der Waals surface area contributed by atoms with Crippen LogP contribution in [0.15, 0.2) is 28.7 Å². The molecule has 1 amide bonds. The molecule has 1 aliphatic carbocycles. The van der Waals surface area contributed by atoms with Gasteiger partial charge >= 0.3 is 0 Å². The molecule has 2 unspecified atom stereocenters. The monoisotopic (exact) mass is 310 g/mol. The molecule has 4 heteroatoms. The third kappa shape index (κ3) is 2.93. The van der Waals surface area contributed by atoms with Crippen LogP contribution in [0, 0.1) is 5.92 Å². The highest BCUT2D eigenvalue weighted by Gasteiger charge is 2.30. The summed E-state index contributed by atoms with van der Waals surface area (Å²) >= 11 is 3.51. The molecule has 2 rings (SSSR count). The Morgan fingerprint density at radius 2 is 2.17 bits per heavy atom. The Morgan fingerprint density at radius 1 is 1.44 bits per heavy atom. The second kappa shape index (κ2) is 5.85. The number of amides is 1. The van der Waals surface area contributed by atoms with Crippen molar-refractivity contribution in [2.45, 2.75) is 38.3 Å². The van der Waals surface area contributed by atoms with Gasteiger partial charge in [0.25, 0.3) is 0 Å². The highest BCUT2D eigenvalue weighted by Crippen LogP contribution is 2.27. The summed E-state index contributed by atoms with van der Waals surface area (Å²) in [5, 5.41) is 3.06. The molecular weight excluding hydrogens is 292 g/mol. The summed E-state index contributed by atoms with van der Waals surface area (Å²) in [6.07, 6.45) is 2.93. The number of halogens is 1. The third-order valence-corrected chi connectivity index (χ3v) is 4.36. The number of hydrogen-bond acceptors (Lipinski definition) is 2. The molecule has 3 nitrogen and oxygen atoms in total. The summed E-state index contributed by atoms with van der Waals surface area (Å²) in [6, 6.07) is 7.97. The van der Waals surface area contributed by atoms with Gasteiger partial charge in [0.2, 0.25) is 5.91 Å². The average Bonchev–Trinajstić information content (AvgIpc) is 2.76. The average molecular weight is 311 g/mol. The summed E-state index contributed by atoms with van der Waals surface area (Å²) in [5.41, 5.74) is 7.05. The molecule has 18 heavy (non-hydrogen) atoms. The summed E-state index contributed by atoms with van der Waals surface area (Å²) in [7, 11) is 0. The Kier molecular flexibility index (Phi) is 4.40. The van der Waals surface area contributed by atoms with Crippen LogP contribution in [0.3, 0.4) is 0 Å². The molecule has 1 aliphatic rings. The van der Waals surface area contributed by atoms with Crippen LogP contribution in [0.25, 0.3) is 0 Å². The number of nitrogens with one attached hydrogen (secondary N) is 1. The lowest BCUT2D eigenvalue weighted by Crippen LogP contribution is -2.39. The van der Waals surface area contributed by atoms with Crippen LogP contribution in [-0.2, 0) is 4.79 Å². The molecule has 0 bridgehead atoms. The molecule has 0 aromatic heterocycles. The largest absolute Gasteiger partial charge is 0.349 e. The Balaban J connectivity index is 2.01. The molecule has 0 heterocycles. The molecule has 1 aromatic carbocycles. The first-order valence-electron chi connectivity index (χ1n) is 6.40. The van der Waals surface area contributed by atoms with Crippen LogP contribution in [-0.4, -0.2) is 11.9 Å². The second-order valence-corrected chi connectivity index (χ2v) is 5.81. The normalized spacial score (nSPS) is 24.8. The third-order valence-electron chi connectivity index (χ3n) is 3.64. The second-order valence-electron chi connectivity index (χ2n) is 4.95. The molecule has 0 saturated heterocycles. The maximum absolute atomic E-state index is 12.1. The predicted molar refractivity (Wildman–Crippen MR) is 76.0 cm³/mol. The van der Waals surface area contributed by atoms with Crippen molar-refractivity contribution in [1.82, 2.24) is 5.32 Å². The minimum Gasteiger partial charge on any atom is -0.349 e.